The molecule has 2 atom stereocenters. The van der Waals surface area contributed by atoms with Crippen molar-refractivity contribution < 1.29 is 9.90 Å². The summed E-state index contributed by atoms with van der Waals surface area (Å²) in [4.78, 5) is 18.3. The van der Waals surface area contributed by atoms with Crippen LogP contribution in [0.15, 0.2) is 35.4 Å². The number of rotatable bonds is 6. The maximum Gasteiger partial charge on any atom is 0.148 e. The number of anilines is 1. The van der Waals surface area contributed by atoms with Crippen molar-refractivity contribution in [1.82, 2.24) is 4.98 Å². The van der Waals surface area contributed by atoms with Crippen LogP contribution in [0.3, 0.4) is 0 Å². The molecule has 0 bridgehead atoms. The van der Waals surface area contributed by atoms with Gasteiger partial charge < -0.3 is 20.5 Å². The molecule has 1 aliphatic rings. The molecule has 2 unspecified atom stereocenters. The lowest BCUT2D eigenvalue weighted by Gasteiger charge is -2.22. The lowest BCUT2D eigenvalue weighted by atomic mass is 10.0. The van der Waals surface area contributed by atoms with E-state index in [0.29, 0.717) is 53.5 Å². The quantitative estimate of drug-likeness (QED) is 0.536. The maximum absolute atomic E-state index is 11.7. The molecule has 1 saturated heterocycles. The molecular weight excluding hydrogens is 398 g/mol. The molecule has 7 nitrogen and oxygen atoms in total. The van der Waals surface area contributed by atoms with Crippen molar-refractivity contribution in [1.29, 1.82) is 10.5 Å². The summed E-state index contributed by atoms with van der Waals surface area (Å²) in [5.74, 6) is 0.482. The Kier molecular flexibility index (Phi) is 8.82. The van der Waals surface area contributed by atoms with Gasteiger partial charge in [0.15, 0.2) is 0 Å². The number of nitrogens with zero attached hydrogens (tertiary/aromatic N) is 4. The van der Waals surface area contributed by atoms with E-state index in [2.05, 4.69) is 22.9 Å². The van der Waals surface area contributed by atoms with E-state index < -0.39 is 11.4 Å². The molecule has 1 aliphatic heterocycles. The topological polar surface area (TPSA) is 127 Å². The van der Waals surface area contributed by atoms with E-state index >= 15 is 0 Å². The monoisotopic (exact) mass is 423 g/mol. The summed E-state index contributed by atoms with van der Waals surface area (Å²) in [5.41, 5.74) is 6.68. The average molecular weight is 424 g/mol. The molecule has 0 radical (unpaired) electrons. The van der Waals surface area contributed by atoms with E-state index in [4.69, 9.17) is 0 Å². The SMILES string of the molecule is CCc1c(C#N)c(SC(C=O)c2ccccc2)nc(N2CCC(O)C2)c1C#N.CN. The van der Waals surface area contributed by atoms with Crippen LogP contribution in [0.4, 0.5) is 5.82 Å². The fraction of sp³-hybridized carbons (Fsp3) is 0.364. The molecule has 0 aliphatic carbocycles. The number of aliphatic hydroxyl groups excluding tert-OH is 1. The molecule has 1 aromatic carbocycles. The third-order valence-corrected chi connectivity index (χ3v) is 5.93. The summed E-state index contributed by atoms with van der Waals surface area (Å²) in [6, 6.07) is 13.7. The largest absolute Gasteiger partial charge is 0.391 e. The van der Waals surface area contributed by atoms with Crippen LogP contribution in [0.5, 0.6) is 0 Å². The fourth-order valence-electron chi connectivity index (χ4n) is 3.37. The molecule has 3 rings (SSSR count). The van der Waals surface area contributed by atoms with Crippen molar-refractivity contribution in [3.8, 4) is 12.1 Å². The van der Waals surface area contributed by atoms with E-state index in [9.17, 15) is 20.4 Å². The number of nitrogens with two attached hydrogens (primary N) is 1. The number of benzene rings is 1. The molecule has 1 aromatic heterocycles. The number of aldehydes is 1. The number of thioether (sulfide) groups is 1. The van der Waals surface area contributed by atoms with E-state index in [1.165, 1.54) is 18.8 Å². The number of nitriles is 2. The highest BCUT2D eigenvalue weighted by Crippen LogP contribution is 2.39. The summed E-state index contributed by atoms with van der Waals surface area (Å²) in [6.45, 7) is 2.89. The summed E-state index contributed by atoms with van der Waals surface area (Å²) in [6.07, 6.45) is 1.49. The zero-order chi connectivity index (χ0) is 22.1. The fourth-order valence-corrected chi connectivity index (χ4v) is 4.38. The standard InChI is InChI=1S/C21H20N4O2S.CH5N/c1-2-16-17(10-22)20(25-9-8-15(27)12-25)24-21(18(16)11-23)28-19(13-26)14-6-4-3-5-7-14;1-2/h3-7,13,15,19,27H,2,8-9,12H2,1H3;2H2,1H3. The predicted molar refractivity (Wildman–Crippen MR) is 117 cm³/mol. The molecule has 3 N–H and O–H groups in total. The number of hydrogen-bond donors (Lipinski definition) is 2. The van der Waals surface area contributed by atoms with Crippen LogP contribution < -0.4 is 10.6 Å². The van der Waals surface area contributed by atoms with E-state index in [1.54, 1.807) is 0 Å². The summed E-state index contributed by atoms with van der Waals surface area (Å²) >= 11 is 1.22. The first kappa shape index (κ1) is 23.4. The van der Waals surface area contributed by atoms with Crippen molar-refractivity contribution in [3.05, 3.63) is 52.6 Å². The zero-order valence-corrected chi connectivity index (χ0v) is 17.9. The van der Waals surface area contributed by atoms with Gasteiger partial charge in [-0.15, -0.1) is 0 Å². The second-order valence-corrected chi connectivity index (χ2v) is 7.65. The lowest BCUT2D eigenvalue weighted by molar-refractivity contribution is -0.107. The highest BCUT2D eigenvalue weighted by atomic mass is 32.2. The van der Waals surface area contributed by atoms with Gasteiger partial charge in [-0.1, -0.05) is 49.0 Å². The van der Waals surface area contributed by atoms with Crippen LogP contribution >= 0.6 is 11.8 Å². The first-order valence-electron chi connectivity index (χ1n) is 9.67. The van der Waals surface area contributed by atoms with Gasteiger partial charge in [0, 0.05) is 13.1 Å². The van der Waals surface area contributed by atoms with Crippen LogP contribution in [0.25, 0.3) is 0 Å². The van der Waals surface area contributed by atoms with Crippen LogP contribution in [-0.2, 0) is 11.2 Å². The number of aromatic nitrogens is 1. The van der Waals surface area contributed by atoms with Gasteiger partial charge in [0.1, 0.15) is 29.3 Å². The third-order valence-electron chi connectivity index (χ3n) is 4.78. The highest BCUT2D eigenvalue weighted by Gasteiger charge is 2.28. The number of pyridine rings is 1. The Morgan fingerprint density at radius 2 is 1.97 bits per heavy atom. The van der Waals surface area contributed by atoms with Gasteiger partial charge in [-0.05, 0) is 31.0 Å². The Morgan fingerprint density at radius 1 is 1.30 bits per heavy atom. The van der Waals surface area contributed by atoms with E-state index in [0.717, 1.165) is 11.8 Å². The van der Waals surface area contributed by atoms with E-state index in [1.807, 2.05) is 42.2 Å². The average Bonchev–Trinajstić information content (AvgIpc) is 3.24. The minimum absolute atomic E-state index is 0.343. The van der Waals surface area contributed by atoms with Crippen molar-refractivity contribution in [3.63, 3.8) is 0 Å². The predicted octanol–water partition coefficient (Wildman–Crippen LogP) is 2.57. The first-order valence-corrected chi connectivity index (χ1v) is 10.6. The number of carbonyl (C=O) groups is 1. The second kappa shape index (κ2) is 11.3. The minimum atomic E-state index is -0.504. The van der Waals surface area contributed by atoms with E-state index in [-0.39, 0.29) is 0 Å². The Balaban J connectivity index is 0.00000155. The number of carbonyl (C=O) groups excluding carboxylic acids is 1. The van der Waals surface area contributed by atoms with Crippen molar-refractivity contribution in [2.45, 2.75) is 36.1 Å². The van der Waals surface area contributed by atoms with Crippen LogP contribution in [0.1, 0.15) is 40.8 Å². The Bertz CT molecular complexity index is 953. The smallest absolute Gasteiger partial charge is 0.148 e. The van der Waals surface area contributed by atoms with Gasteiger partial charge in [0.05, 0.1) is 22.5 Å². The molecule has 2 aromatic rings. The third kappa shape index (κ3) is 4.98. The summed E-state index contributed by atoms with van der Waals surface area (Å²) in [5, 5.41) is 29.3. The van der Waals surface area contributed by atoms with Crippen molar-refractivity contribution in [2.24, 2.45) is 5.73 Å². The van der Waals surface area contributed by atoms with Crippen molar-refractivity contribution >= 4 is 23.9 Å². The molecule has 156 valence electrons. The van der Waals surface area contributed by atoms with Gasteiger partial charge >= 0.3 is 0 Å². The molecular formula is C22H25N5O2S. The van der Waals surface area contributed by atoms with Gasteiger partial charge in [-0.2, -0.15) is 10.5 Å². The molecule has 30 heavy (non-hydrogen) atoms. The number of aliphatic hydroxyl groups is 1. The first-order chi connectivity index (χ1) is 14.6. The van der Waals surface area contributed by atoms with Gasteiger partial charge in [0.25, 0.3) is 0 Å². The number of hydrogen-bond acceptors (Lipinski definition) is 8. The summed E-state index contributed by atoms with van der Waals surface area (Å²) in [7, 11) is 1.50. The van der Waals surface area contributed by atoms with Gasteiger partial charge in [-0.25, -0.2) is 4.98 Å². The Morgan fingerprint density at radius 3 is 2.47 bits per heavy atom. The molecule has 0 amide bonds. The molecule has 8 heteroatoms. The zero-order valence-electron chi connectivity index (χ0n) is 17.1. The van der Waals surface area contributed by atoms with Crippen LogP contribution in [0, 0.1) is 22.7 Å². The second-order valence-electron chi connectivity index (χ2n) is 6.52. The van der Waals surface area contributed by atoms with Crippen LogP contribution in [-0.4, -0.2) is 42.6 Å². The van der Waals surface area contributed by atoms with Crippen LogP contribution in [0.2, 0.25) is 0 Å². The Hall–Kier alpha value is -2.91. The number of β-amino-alcohol motifs (C(OH)–C–C–N with tert-alkyl or cyclic N) is 1. The van der Waals surface area contributed by atoms with Crippen molar-refractivity contribution in [2.75, 3.05) is 25.0 Å². The van der Waals surface area contributed by atoms with Gasteiger partial charge in [-0.3, -0.25) is 0 Å². The lowest BCUT2D eigenvalue weighted by Crippen LogP contribution is -2.24. The normalized spacial score (nSPS) is 16.1. The molecule has 0 spiro atoms. The minimum Gasteiger partial charge on any atom is -0.391 e. The maximum atomic E-state index is 11.7. The molecule has 1 fully saturated rings. The Labute approximate surface area is 181 Å². The molecule has 2 heterocycles. The molecule has 0 saturated carbocycles. The highest BCUT2D eigenvalue weighted by molar-refractivity contribution is 8.00. The van der Waals surface area contributed by atoms with Gasteiger partial charge in [0.2, 0.25) is 0 Å². The summed E-state index contributed by atoms with van der Waals surface area (Å²) < 4.78 is 0.